The van der Waals surface area contributed by atoms with Gasteiger partial charge in [-0.25, -0.2) is 4.79 Å². The number of carbonyl (C=O) groups is 1. The minimum absolute atomic E-state index is 0.0149. The van der Waals surface area contributed by atoms with Gasteiger partial charge in [0.25, 0.3) is 0 Å². The summed E-state index contributed by atoms with van der Waals surface area (Å²) in [5, 5.41) is 0. The SMILES string of the molecule is CCOCO[C@@H]1[C@@H](OOC(C)=O)[C@H](OC)O[C@@H]2COC(c3ccccc3)O[C@@H]12. The van der Waals surface area contributed by atoms with Crippen LogP contribution in [0.4, 0.5) is 0 Å². The molecule has 6 atom stereocenters. The Kier molecular flexibility index (Phi) is 7.74. The number of benzene rings is 1. The van der Waals surface area contributed by atoms with Crippen molar-refractivity contribution in [2.75, 3.05) is 27.1 Å². The molecular formula is C19H26O9. The highest BCUT2D eigenvalue weighted by Crippen LogP contribution is 2.36. The summed E-state index contributed by atoms with van der Waals surface area (Å²) >= 11 is 0. The number of ether oxygens (including phenoxy) is 6. The van der Waals surface area contributed by atoms with Gasteiger partial charge >= 0.3 is 5.97 Å². The lowest BCUT2D eigenvalue weighted by Gasteiger charge is -2.47. The summed E-state index contributed by atoms with van der Waals surface area (Å²) in [6.07, 6.45) is -3.97. The highest BCUT2D eigenvalue weighted by atomic mass is 17.2. The van der Waals surface area contributed by atoms with E-state index in [0.717, 1.165) is 5.56 Å². The van der Waals surface area contributed by atoms with Gasteiger partial charge in [0.05, 0.1) is 6.61 Å². The minimum Gasteiger partial charge on any atom is -0.356 e. The Balaban J connectivity index is 1.79. The van der Waals surface area contributed by atoms with E-state index in [-0.39, 0.29) is 13.4 Å². The molecule has 2 heterocycles. The first-order chi connectivity index (χ1) is 13.6. The van der Waals surface area contributed by atoms with E-state index >= 15 is 0 Å². The van der Waals surface area contributed by atoms with E-state index in [0.29, 0.717) is 6.61 Å². The molecule has 0 spiro atoms. The van der Waals surface area contributed by atoms with Crippen LogP contribution in [0.15, 0.2) is 30.3 Å². The highest BCUT2D eigenvalue weighted by molar-refractivity contribution is 5.65. The van der Waals surface area contributed by atoms with E-state index < -0.39 is 43.0 Å². The summed E-state index contributed by atoms with van der Waals surface area (Å²) in [4.78, 5) is 21.2. The maximum atomic E-state index is 11.2. The average molecular weight is 398 g/mol. The van der Waals surface area contributed by atoms with Crippen LogP contribution in [0.5, 0.6) is 0 Å². The molecule has 1 aromatic carbocycles. The van der Waals surface area contributed by atoms with Crippen molar-refractivity contribution in [1.29, 1.82) is 0 Å². The van der Waals surface area contributed by atoms with E-state index in [1.165, 1.54) is 14.0 Å². The molecule has 1 aromatic rings. The van der Waals surface area contributed by atoms with E-state index in [1.54, 1.807) is 0 Å². The van der Waals surface area contributed by atoms with Crippen LogP contribution in [0.2, 0.25) is 0 Å². The highest BCUT2D eigenvalue weighted by Gasteiger charge is 2.52. The lowest BCUT2D eigenvalue weighted by Crippen LogP contribution is -2.63. The summed E-state index contributed by atoms with van der Waals surface area (Å²) in [6.45, 7) is 3.87. The third kappa shape index (κ3) is 5.06. The molecule has 0 saturated carbocycles. The summed E-state index contributed by atoms with van der Waals surface area (Å²) in [5.41, 5.74) is 0.871. The average Bonchev–Trinajstić information content (AvgIpc) is 2.72. The monoisotopic (exact) mass is 398 g/mol. The minimum atomic E-state index is -0.870. The van der Waals surface area contributed by atoms with Crippen molar-refractivity contribution in [3.63, 3.8) is 0 Å². The molecule has 3 rings (SSSR count). The van der Waals surface area contributed by atoms with Crippen molar-refractivity contribution in [2.45, 2.75) is 50.8 Å². The lowest BCUT2D eigenvalue weighted by molar-refractivity contribution is -0.416. The first-order valence-electron chi connectivity index (χ1n) is 9.17. The first kappa shape index (κ1) is 21.1. The Bertz CT molecular complexity index is 611. The van der Waals surface area contributed by atoms with Crippen molar-refractivity contribution in [3.8, 4) is 0 Å². The van der Waals surface area contributed by atoms with E-state index in [1.807, 2.05) is 37.3 Å². The van der Waals surface area contributed by atoms with Crippen LogP contribution in [-0.4, -0.2) is 63.8 Å². The normalized spacial score (nSPS) is 32.5. The molecule has 156 valence electrons. The van der Waals surface area contributed by atoms with Crippen LogP contribution in [-0.2, 0) is 43.0 Å². The molecule has 0 N–H and O–H groups in total. The molecule has 28 heavy (non-hydrogen) atoms. The van der Waals surface area contributed by atoms with Gasteiger partial charge in [0.15, 0.2) is 18.7 Å². The molecule has 0 aliphatic carbocycles. The smallest absolute Gasteiger partial charge is 0.339 e. The van der Waals surface area contributed by atoms with Crippen molar-refractivity contribution < 1.29 is 43.0 Å². The zero-order valence-electron chi connectivity index (χ0n) is 16.1. The number of hydrogen-bond acceptors (Lipinski definition) is 9. The molecule has 0 bridgehead atoms. The molecule has 2 aliphatic heterocycles. The quantitative estimate of drug-likeness (QED) is 0.281. The standard InChI is InChI=1S/C19H26O9/c1-4-22-11-24-16-15-14(25-19(21-3)17(16)28-27-12(2)20)10-23-18(26-15)13-8-6-5-7-9-13/h5-9,14-19H,4,10-11H2,1-3H3/t14-,15-,16+,17-,18?,19-/m1/s1. The molecule has 2 aliphatic rings. The fourth-order valence-electron chi connectivity index (χ4n) is 3.14. The molecule has 2 fully saturated rings. The number of carbonyl (C=O) groups excluding carboxylic acids is 1. The number of methoxy groups -OCH3 is 1. The number of fused-ring (bicyclic) bond motifs is 1. The van der Waals surface area contributed by atoms with Crippen LogP contribution < -0.4 is 0 Å². The molecule has 1 unspecified atom stereocenters. The van der Waals surface area contributed by atoms with Crippen molar-refractivity contribution >= 4 is 5.97 Å². The van der Waals surface area contributed by atoms with Crippen molar-refractivity contribution in [2.24, 2.45) is 0 Å². The summed E-state index contributed by atoms with van der Waals surface area (Å²) in [6, 6.07) is 9.55. The Hall–Kier alpha value is -1.59. The Labute approximate surface area is 163 Å². The fourth-order valence-corrected chi connectivity index (χ4v) is 3.14. The predicted molar refractivity (Wildman–Crippen MR) is 93.7 cm³/mol. The van der Waals surface area contributed by atoms with Gasteiger partial charge in [0, 0.05) is 26.2 Å². The van der Waals surface area contributed by atoms with Gasteiger partial charge in [-0.05, 0) is 6.92 Å². The zero-order chi connectivity index (χ0) is 19.9. The van der Waals surface area contributed by atoms with Gasteiger partial charge in [0.1, 0.15) is 25.1 Å². The van der Waals surface area contributed by atoms with Crippen molar-refractivity contribution in [1.82, 2.24) is 0 Å². The van der Waals surface area contributed by atoms with Crippen molar-refractivity contribution in [3.05, 3.63) is 35.9 Å². The van der Waals surface area contributed by atoms with Gasteiger partial charge in [-0.1, -0.05) is 30.3 Å². The largest absolute Gasteiger partial charge is 0.356 e. The van der Waals surface area contributed by atoms with E-state index in [2.05, 4.69) is 0 Å². The molecule has 0 aromatic heterocycles. The van der Waals surface area contributed by atoms with Gasteiger partial charge in [-0.3, -0.25) is 4.89 Å². The molecular weight excluding hydrogens is 372 g/mol. The second kappa shape index (κ2) is 10.3. The molecule has 0 amide bonds. The third-order valence-electron chi connectivity index (χ3n) is 4.41. The third-order valence-corrected chi connectivity index (χ3v) is 4.41. The maximum Gasteiger partial charge on any atom is 0.339 e. The summed E-state index contributed by atoms with van der Waals surface area (Å²) < 4.78 is 34.4. The topological polar surface area (TPSA) is 90.9 Å². The van der Waals surface area contributed by atoms with E-state index in [4.69, 9.17) is 38.2 Å². The Morgan fingerprint density at radius 1 is 1.18 bits per heavy atom. The molecule has 2 saturated heterocycles. The summed E-state index contributed by atoms with van der Waals surface area (Å²) in [7, 11) is 1.46. The number of hydrogen-bond donors (Lipinski definition) is 0. The first-order valence-corrected chi connectivity index (χ1v) is 9.17. The predicted octanol–water partition coefficient (Wildman–Crippen LogP) is 1.71. The molecule has 9 heteroatoms. The van der Waals surface area contributed by atoms with Crippen LogP contribution >= 0.6 is 0 Å². The Morgan fingerprint density at radius 3 is 2.64 bits per heavy atom. The lowest BCUT2D eigenvalue weighted by atomic mass is 9.97. The fraction of sp³-hybridized carbons (Fsp3) is 0.632. The number of rotatable bonds is 8. The second-order valence-corrected chi connectivity index (χ2v) is 6.33. The van der Waals surface area contributed by atoms with Crippen LogP contribution in [0.25, 0.3) is 0 Å². The summed E-state index contributed by atoms with van der Waals surface area (Å²) in [5.74, 6) is -0.601. The van der Waals surface area contributed by atoms with Gasteiger partial charge < -0.3 is 28.4 Å². The van der Waals surface area contributed by atoms with Crippen LogP contribution in [0.1, 0.15) is 25.7 Å². The van der Waals surface area contributed by atoms with Gasteiger partial charge in [-0.2, -0.15) is 4.89 Å². The second-order valence-electron chi connectivity index (χ2n) is 6.33. The molecule has 9 nitrogen and oxygen atoms in total. The maximum absolute atomic E-state index is 11.2. The van der Waals surface area contributed by atoms with Crippen LogP contribution in [0.3, 0.4) is 0 Å². The Morgan fingerprint density at radius 2 is 1.96 bits per heavy atom. The van der Waals surface area contributed by atoms with Crippen LogP contribution in [0, 0.1) is 0 Å². The zero-order valence-corrected chi connectivity index (χ0v) is 16.1. The van der Waals surface area contributed by atoms with Gasteiger partial charge in [0.2, 0.25) is 0 Å². The molecule has 0 radical (unpaired) electrons. The van der Waals surface area contributed by atoms with E-state index in [9.17, 15) is 4.79 Å². The van der Waals surface area contributed by atoms with Gasteiger partial charge in [-0.15, -0.1) is 0 Å².